The number of aromatic nitrogens is 4. The van der Waals surface area contributed by atoms with Crippen molar-refractivity contribution in [3.05, 3.63) is 54.4 Å². The predicted molar refractivity (Wildman–Crippen MR) is 118 cm³/mol. The minimum absolute atomic E-state index is 0.0105. The van der Waals surface area contributed by atoms with Crippen LogP contribution in [0, 0.1) is 0 Å². The topological polar surface area (TPSA) is 55.6 Å². The lowest BCUT2D eigenvalue weighted by molar-refractivity contribution is 0.384. The quantitative estimate of drug-likeness (QED) is 0.346. The Hall–Kier alpha value is -2.34. The van der Waals surface area contributed by atoms with Gasteiger partial charge in [-0.15, -0.1) is 5.10 Å². The molecular formula is C22H29N5S. The Morgan fingerprint density at radius 2 is 1.71 bits per heavy atom. The van der Waals surface area contributed by atoms with Gasteiger partial charge in [0.05, 0.1) is 5.52 Å². The standard InChI is InChI=1S/C22H29N5S/c1-2-3-4-5-6-7-8-13-21(24-22(28)18-14-16-23-17-15-18)27-20-12-10-9-11-19(20)25-26-27/h9-12,14-17,21H,2-8,13H2,1H3,(H,24,28). The molecule has 3 rings (SSSR count). The van der Waals surface area contributed by atoms with Crippen molar-refractivity contribution in [2.24, 2.45) is 0 Å². The number of para-hydroxylation sites is 1. The van der Waals surface area contributed by atoms with E-state index in [-0.39, 0.29) is 6.17 Å². The fourth-order valence-electron chi connectivity index (χ4n) is 3.41. The van der Waals surface area contributed by atoms with Gasteiger partial charge in [-0.05, 0) is 37.1 Å². The fourth-order valence-corrected chi connectivity index (χ4v) is 3.68. The first kappa shape index (κ1) is 20.4. The molecule has 0 fully saturated rings. The molecule has 0 aliphatic heterocycles. The maximum atomic E-state index is 5.64. The average Bonchev–Trinajstić information content (AvgIpc) is 3.17. The van der Waals surface area contributed by atoms with E-state index in [1.807, 2.05) is 35.0 Å². The van der Waals surface area contributed by atoms with Gasteiger partial charge in [0, 0.05) is 18.0 Å². The molecule has 2 heterocycles. The molecule has 0 aliphatic carbocycles. The van der Waals surface area contributed by atoms with Crippen LogP contribution in [0.4, 0.5) is 0 Å². The highest BCUT2D eigenvalue weighted by atomic mass is 32.1. The number of nitrogens with one attached hydrogen (secondary N) is 1. The van der Waals surface area contributed by atoms with E-state index in [1.54, 1.807) is 12.4 Å². The molecule has 0 saturated carbocycles. The molecule has 0 bridgehead atoms. The number of nitrogens with zero attached hydrogens (tertiary/aromatic N) is 4. The van der Waals surface area contributed by atoms with E-state index in [9.17, 15) is 0 Å². The lowest BCUT2D eigenvalue weighted by Crippen LogP contribution is -2.32. The van der Waals surface area contributed by atoms with Gasteiger partial charge < -0.3 is 5.32 Å². The third kappa shape index (κ3) is 5.58. The van der Waals surface area contributed by atoms with Crippen LogP contribution < -0.4 is 5.32 Å². The van der Waals surface area contributed by atoms with E-state index < -0.39 is 0 Å². The monoisotopic (exact) mass is 395 g/mol. The van der Waals surface area contributed by atoms with Crippen molar-refractivity contribution in [3.63, 3.8) is 0 Å². The highest BCUT2D eigenvalue weighted by molar-refractivity contribution is 7.80. The van der Waals surface area contributed by atoms with Crippen LogP contribution in [-0.2, 0) is 0 Å². The molecule has 5 nitrogen and oxygen atoms in total. The van der Waals surface area contributed by atoms with E-state index >= 15 is 0 Å². The Kier molecular flexibility index (Phi) is 7.91. The summed E-state index contributed by atoms with van der Waals surface area (Å²) in [6.45, 7) is 2.25. The zero-order valence-corrected chi connectivity index (χ0v) is 17.4. The number of fused-ring (bicyclic) bond motifs is 1. The summed E-state index contributed by atoms with van der Waals surface area (Å²) in [7, 11) is 0. The number of benzene rings is 1. The zero-order valence-electron chi connectivity index (χ0n) is 16.6. The molecule has 28 heavy (non-hydrogen) atoms. The summed E-state index contributed by atoms with van der Waals surface area (Å²) >= 11 is 5.64. The van der Waals surface area contributed by atoms with Gasteiger partial charge >= 0.3 is 0 Å². The van der Waals surface area contributed by atoms with E-state index in [0.29, 0.717) is 0 Å². The molecule has 0 saturated heterocycles. The van der Waals surface area contributed by atoms with Crippen LogP contribution in [0.1, 0.15) is 70.0 Å². The molecule has 1 unspecified atom stereocenters. The molecule has 148 valence electrons. The molecule has 2 aromatic heterocycles. The van der Waals surface area contributed by atoms with Crippen LogP contribution in [0.2, 0.25) is 0 Å². The van der Waals surface area contributed by atoms with Crippen LogP contribution in [0.3, 0.4) is 0 Å². The summed E-state index contributed by atoms with van der Waals surface area (Å²) in [6.07, 6.45) is 13.4. The van der Waals surface area contributed by atoms with Crippen LogP contribution in [-0.4, -0.2) is 25.0 Å². The van der Waals surface area contributed by atoms with Crippen molar-refractivity contribution in [1.82, 2.24) is 25.3 Å². The molecular weight excluding hydrogens is 366 g/mol. The number of hydrogen-bond donors (Lipinski definition) is 1. The Morgan fingerprint density at radius 3 is 2.50 bits per heavy atom. The van der Waals surface area contributed by atoms with Crippen LogP contribution in [0.25, 0.3) is 11.0 Å². The van der Waals surface area contributed by atoms with Gasteiger partial charge in [-0.3, -0.25) is 4.98 Å². The second kappa shape index (κ2) is 10.9. The number of thiocarbonyl (C=S) groups is 1. The predicted octanol–water partition coefficient (Wildman–Crippen LogP) is 5.43. The smallest absolute Gasteiger partial charge is 0.123 e. The van der Waals surface area contributed by atoms with Gasteiger partial charge in [0.15, 0.2) is 0 Å². The maximum Gasteiger partial charge on any atom is 0.123 e. The third-order valence-electron chi connectivity index (χ3n) is 4.99. The van der Waals surface area contributed by atoms with E-state index in [2.05, 4.69) is 33.6 Å². The van der Waals surface area contributed by atoms with Crippen LogP contribution in [0.5, 0.6) is 0 Å². The molecule has 0 aliphatic rings. The van der Waals surface area contributed by atoms with Gasteiger partial charge in [0.25, 0.3) is 0 Å². The molecule has 1 atom stereocenters. The van der Waals surface area contributed by atoms with E-state index in [4.69, 9.17) is 12.2 Å². The molecule has 1 N–H and O–H groups in total. The first-order valence-corrected chi connectivity index (χ1v) is 10.7. The summed E-state index contributed by atoms with van der Waals surface area (Å²) in [5, 5.41) is 12.2. The first-order valence-electron chi connectivity index (χ1n) is 10.3. The normalized spacial score (nSPS) is 12.2. The lowest BCUT2D eigenvalue weighted by atomic mass is 10.1. The minimum Gasteiger partial charge on any atom is -0.354 e. The average molecular weight is 396 g/mol. The zero-order chi connectivity index (χ0) is 19.6. The second-order valence-corrected chi connectivity index (χ2v) is 7.57. The van der Waals surface area contributed by atoms with E-state index in [0.717, 1.165) is 34.4 Å². The molecule has 0 radical (unpaired) electrons. The molecule has 3 aromatic rings. The van der Waals surface area contributed by atoms with Crippen molar-refractivity contribution in [2.75, 3.05) is 0 Å². The highest BCUT2D eigenvalue weighted by Crippen LogP contribution is 2.20. The van der Waals surface area contributed by atoms with Crippen LogP contribution >= 0.6 is 12.2 Å². The summed E-state index contributed by atoms with van der Waals surface area (Å²) in [5.74, 6) is 0. The first-order chi connectivity index (χ1) is 13.8. The second-order valence-electron chi connectivity index (χ2n) is 7.16. The Morgan fingerprint density at radius 1 is 1.00 bits per heavy atom. The number of rotatable bonds is 11. The largest absolute Gasteiger partial charge is 0.354 e. The van der Waals surface area contributed by atoms with Crippen molar-refractivity contribution in [3.8, 4) is 0 Å². The van der Waals surface area contributed by atoms with Crippen molar-refractivity contribution < 1.29 is 0 Å². The third-order valence-corrected chi connectivity index (χ3v) is 5.35. The van der Waals surface area contributed by atoms with Crippen molar-refractivity contribution in [2.45, 2.75) is 64.5 Å². The Balaban J connectivity index is 1.66. The minimum atomic E-state index is -0.0105. The maximum absolute atomic E-state index is 5.64. The number of hydrogen-bond acceptors (Lipinski definition) is 4. The van der Waals surface area contributed by atoms with Gasteiger partial charge in [0.2, 0.25) is 0 Å². The Bertz CT molecular complexity index is 862. The summed E-state index contributed by atoms with van der Waals surface area (Å²) in [5.41, 5.74) is 2.91. The van der Waals surface area contributed by atoms with Gasteiger partial charge in [-0.1, -0.05) is 75.0 Å². The number of unbranched alkanes of at least 4 members (excludes halogenated alkanes) is 6. The van der Waals surface area contributed by atoms with Gasteiger partial charge in [0.1, 0.15) is 16.7 Å². The summed E-state index contributed by atoms with van der Waals surface area (Å²) in [4.78, 5) is 4.79. The van der Waals surface area contributed by atoms with Crippen LogP contribution in [0.15, 0.2) is 48.8 Å². The molecule has 0 amide bonds. The molecule has 1 aromatic carbocycles. The van der Waals surface area contributed by atoms with E-state index in [1.165, 1.54) is 38.5 Å². The molecule has 0 spiro atoms. The highest BCUT2D eigenvalue weighted by Gasteiger charge is 2.17. The molecule has 6 heteroatoms. The summed E-state index contributed by atoms with van der Waals surface area (Å²) < 4.78 is 1.97. The van der Waals surface area contributed by atoms with Gasteiger partial charge in [-0.25, -0.2) is 4.68 Å². The number of pyridine rings is 1. The van der Waals surface area contributed by atoms with Gasteiger partial charge in [-0.2, -0.15) is 0 Å². The van der Waals surface area contributed by atoms with Crippen molar-refractivity contribution >= 4 is 28.2 Å². The van der Waals surface area contributed by atoms with Crippen molar-refractivity contribution in [1.29, 1.82) is 0 Å². The fraction of sp³-hybridized carbons (Fsp3) is 0.455. The SMILES string of the molecule is CCCCCCCCCC(NC(=S)c1ccncc1)n1nnc2ccccc21. The Labute approximate surface area is 172 Å². The summed E-state index contributed by atoms with van der Waals surface area (Å²) in [6, 6.07) is 11.9. The lowest BCUT2D eigenvalue weighted by Gasteiger charge is -2.21.